The van der Waals surface area contributed by atoms with Gasteiger partial charge in [-0.2, -0.15) is 0 Å². The zero-order valence-electron chi connectivity index (χ0n) is 56.5. The highest BCUT2D eigenvalue weighted by molar-refractivity contribution is 8.77. The first kappa shape index (κ1) is 66.8. The van der Waals surface area contributed by atoms with Crippen LogP contribution in [0.1, 0.15) is 193 Å². The van der Waals surface area contributed by atoms with Gasteiger partial charge in [0, 0.05) is 58.9 Å². The van der Waals surface area contributed by atoms with E-state index in [0.717, 1.165) is 107 Å². The smallest absolute Gasteiger partial charge is 0.238 e. The highest BCUT2D eigenvalue weighted by Gasteiger charge is 2.55. The number of aliphatic hydroxyl groups excluding tert-OH is 3. The van der Waals surface area contributed by atoms with Gasteiger partial charge in [-0.1, -0.05) is 161 Å². The summed E-state index contributed by atoms with van der Waals surface area (Å²) >= 11 is 0. The predicted octanol–water partition coefficient (Wildman–Crippen LogP) is 16.1. The van der Waals surface area contributed by atoms with Crippen LogP contribution in [0.3, 0.4) is 0 Å². The molecule has 0 unspecified atom stereocenters. The molecule has 9 N–H and O–H groups in total. The summed E-state index contributed by atoms with van der Waals surface area (Å²) in [4.78, 5) is 31.0. The number of phenolic OH excluding ortho intramolecular Hbond substituents is 3. The second-order valence-electron chi connectivity index (χ2n) is 30.9. The molecule has 12 atom stereocenters. The summed E-state index contributed by atoms with van der Waals surface area (Å²) < 4.78 is 13.2. The van der Waals surface area contributed by atoms with E-state index in [0.29, 0.717) is 102 Å². The number of Topliss-reactive ketones (excluding diaryl/α,β-unsaturated/α-hetero) is 1. The van der Waals surface area contributed by atoms with E-state index in [9.17, 15) is 45.6 Å². The molecule has 17 heteroatoms. The van der Waals surface area contributed by atoms with Crippen molar-refractivity contribution < 1.29 is 54.8 Å². The van der Waals surface area contributed by atoms with Crippen LogP contribution < -0.4 is 15.5 Å². The Balaban J connectivity index is 0.921. The van der Waals surface area contributed by atoms with Crippen molar-refractivity contribution >= 4 is 70.7 Å². The highest BCUT2D eigenvalue weighted by atomic mass is 33.1. The van der Waals surface area contributed by atoms with Crippen molar-refractivity contribution in [2.75, 3.05) is 18.9 Å². The molecule has 12 heterocycles. The SMILES string of the molecule is CC(C)Cc1cc2c3c(c1O)Cc1cccc(c1)[C@H]1NC[C@H](Cc4cccc(c4)[C@H]4C=C[C@H](C4=O)c4ccc(c(O)c4)C[C@]45SSCCC[C@@H](O)[C@@H]6C[C@H](c7c(cc8c9c(ccc4c79)C[C@H](CCC4(O)CCCCC4)[C@H]8CCO)-c4c(O)cc7oc-2c(O)c(=O)c7c4O6)[C@@H]5O)C[C@H]1SSC3. The number of ketones is 1. The number of piperidine rings is 1. The van der Waals surface area contributed by atoms with Gasteiger partial charge in [0.15, 0.2) is 11.5 Å². The Morgan fingerprint density at radius 2 is 1.52 bits per heavy atom. The van der Waals surface area contributed by atoms with Crippen LogP contribution in [0.5, 0.6) is 28.7 Å². The fraction of sp³-hybridized carbons (Fsp3) is 0.446. The Morgan fingerprint density at radius 1 is 0.740 bits per heavy atom. The minimum Gasteiger partial charge on any atom is -0.508 e. The normalized spacial score (nSPS) is 28.0. The zero-order valence-corrected chi connectivity index (χ0v) is 59.8. The molecule has 13 nitrogen and oxygen atoms in total. The molecule has 1 saturated carbocycles. The minimum atomic E-state index is -1.21. The molecule has 520 valence electrons. The standard InChI is InChI=1S/C83H87NO12S4/c1-42(2)27-52-34-58-61-41-98-99-68-32-45(40-84-74(68)50-12-7-10-44(30-50)31-57(61)75(52)89)28-43-9-6-11-46(29-43)54-17-18-55(76(54)90)47-14-15-51(64(87)35-47)39-83-62-19-16-49-33-48(20-24-82(94)22-4-3-5-23-82)53(21-25-85)56-36-59-70(72(62)69(49)56)60(81(83)93)37-66(63(86)13-8-26-97-100-83)95-80-71(59)65(88)38-67-73(80)77(91)78(92)79(58)96-67/h6-7,9-12,14-19,29-30,34-36,38,42,45,48,53-55,60,63,66,68,74,81,84-89,92-94H,3-5,8,13,20-28,31-33,37,39-41H2,1-2H3/t45-,48+,53-,54-,55+,60-,63-,66+,68-,74-,81+,83+/m1/s1. The van der Waals surface area contributed by atoms with E-state index in [4.69, 9.17) is 9.15 Å². The first-order chi connectivity index (χ1) is 48.4. The number of carbonyl (C=O) groups excluding carboxylic acids is 1. The average molecular weight is 1420 g/mol. The molecule has 100 heavy (non-hydrogen) atoms. The van der Waals surface area contributed by atoms with Crippen LogP contribution in [-0.4, -0.2) is 94.7 Å². The number of rotatable bonds is 7. The summed E-state index contributed by atoms with van der Waals surface area (Å²) in [5.74, 6) is -1.75. The number of aromatic hydroxyl groups is 4. The molecule has 3 fully saturated rings. The molecule has 2 saturated heterocycles. The summed E-state index contributed by atoms with van der Waals surface area (Å²) in [6.07, 6.45) is 11.0. The lowest BCUT2D eigenvalue weighted by molar-refractivity contribution is -0.119. The molecule has 23 rings (SSSR count). The van der Waals surface area contributed by atoms with Crippen molar-refractivity contribution in [1.82, 2.24) is 5.32 Å². The van der Waals surface area contributed by atoms with Crippen molar-refractivity contribution in [1.29, 1.82) is 0 Å². The molecule has 4 aliphatic carbocycles. The van der Waals surface area contributed by atoms with Crippen LogP contribution in [0, 0.1) is 17.8 Å². The number of carbonyl (C=O) groups is 1. The molecule has 15 aliphatic rings. The maximum Gasteiger partial charge on any atom is 0.238 e. The number of allylic oxidation sites excluding steroid dienone is 2. The molecule has 7 aromatic carbocycles. The van der Waals surface area contributed by atoms with E-state index in [-0.39, 0.29) is 105 Å². The van der Waals surface area contributed by atoms with Crippen LogP contribution in [0.25, 0.3) is 44.2 Å². The fourth-order valence-corrected chi connectivity index (χ4v) is 25.7. The van der Waals surface area contributed by atoms with Gasteiger partial charge in [-0.15, -0.1) is 0 Å². The molecule has 11 aliphatic heterocycles. The Bertz CT molecular complexity index is 4710. The number of benzene rings is 7. The summed E-state index contributed by atoms with van der Waals surface area (Å²) in [5.41, 5.74) is 10.5. The van der Waals surface area contributed by atoms with Gasteiger partial charge >= 0.3 is 0 Å². The first-order valence-electron chi connectivity index (χ1n) is 36.4. The quantitative estimate of drug-likeness (QED) is 0.0534. The Kier molecular flexibility index (Phi) is 17.6. The maximum atomic E-state index is 16.1. The lowest BCUT2D eigenvalue weighted by atomic mass is 9.62. The fourth-order valence-electron chi connectivity index (χ4n) is 19.4. The predicted molar refractivity (Wildman–Crippen MR) is 400 cm³/mol. The second-order valence-corrected chi connectivity index (χ2v) is 36.3. The number of hydrogen-bond donors (Lipinski definition) is 9. The molecule has 22 bridgehead atoms. The van der Waals surface area contributed by atoms with Gasteiger partial charge in [0.25, 0.3) is 0 Å². The average Bonchev–Trinajstić information content (AvgIpc) is 0.940. The van der Waals surface area contributed by atoms with Gasteiger partial charge in [-0.05, 0) is 215 Å². The lowest BCUT2D eigenvalue weighted by Crippen LogP contribution is -2.48. The molecular formula is C83H87NO12S4. The van der Waals surface area contributed by atoms with Crippen molar-refractivity contribution in [2.24, 2.45) is 17.8 Å². The number of fused-ring (bicyclic) bond motifs is 4. The van der Waals surface area contributed by atoms with E-state index in [2.05, 4.69) is 79.8 Å². The van der Waals surface area contributed by atoms with Gasteiger partial charge in [-0.25, -0.2) is 0 Å². The third kappa shape index (κ3) is 11.4. The van der Waals surface area contributed by atoms with Gasteiger partial charge in [0.05, 0.1) is 40.0 Å². The van der Waals surface area contributed by atoms with Crippen molar-refractivity contribution in [3.05, 3.63) is 192 Å². The van der Waals surface area contributed by atoms with Crippen LogP contribution in [0.15, 0.2) is 118 Å². The number of aliphatic hydroxyl groups is 4. The van der Waals surface area contributed by atoms with Crippen LogP contribution in [0.2, 0.25) is 0 Å². The number of phenols is 3. The van der Waals surface area contributed by atoms with Crippen LogP contribution >= 0.6 is 43.2 Å². The van der Waals surface area contributed by atoms with E-state index in [1.807, 2.05) is 36.4 Å². The maximum absolute atomic E-state index is 16.1. The third-order valence-corrected chi connectivity index (χ3v) is 30.2. The molecular weight excluding hydrogens is 1330 g/mol. The van der Waals surface area contributed by atoms with Gasteiger partial charge in [0.1, 0.15) is 40.1 Å². The first-order valence-corrected chi connectivity index (χ1v) is 41.1. The Hall–Kier alpha value is -6.38. The minimum absolute atomic E-state index is 0.00429. The monoisotopic (exact) mass is 1420 g/mol. The van der Waals surface area contributed by atoms with Gasteiger partial charge in [-0.3, -0.25) is 9.59 Å². The number of nitrogens with one attached hydrogen (secondary N) is 1. The summed E-state index contributed by atoms with van der Waals surface area (Å²) in [6, 6.07) is 32.3. The zero-order chi connectivity index (χ0) is 68.6. The number of hydrogen-bond acceptors (Lipinski definition) is 17. The van der Waals surface area contributed by atoms with Crippen molar-refractivity contribution in [2.45, 2.75) is 192 Å². The lowest BCUT2D eigenvalue weighted by Gasteiger charge is -2.49. The highest BCUT2D eigenvalue weighted by Crippen LogP contribution is 2.65. The summed E-state index contributed by atoms with van der Waals surface area (Å²) in [7, 11) is 6.65. The van der Waals surface area contributed by atoms with E-state index >= 15 is 4.79 Å². The van der Waals surface area contributed by atoms with Crippen LogP contribution in [0.4, 0.5) is 0 Å². The molecule has 1 spiro atoms. The van der Waals surface area contributed by atoms with E-state index in [1.165, 1.54) is 6.07 Å². The summed E-state index contributed by atoms with van der Waals surface area (Å²) in [6.45, 7) is 4.83. The molecule has 0 amide bonds. The van der Waals surface area contributed by atoms with E-state index in [1.54, 1.807) is 49.2 Å². The van der Waals surface area contributed by atoms with Crippen LogP contribution in [-0.2, 0) is 47.4 Å². The van der Waals surface area contributed by atoms with Crippen molar-refractivity contribution in [3.63, 3.8) is 0 Å². The Labute approximate surface area is 598 Å². The summed E-state index contributed by atoms with van der Waals surface area (Å²) in [5, 5.41) is 108. The largest absolute Gasteiger partial charge is 0.508 e. The van der Waals surface area contributed by atoms with Gasteiger partial charge in [0.2, 0.25) is 11.2 Å². The molecule has 8 aromatic rings. The molecule has 1 aromatic heterocycles. The molecule has 0 radical (unpaired) electrons. The number of ether oxygens (including phenoxy) is 1. The topological polar surface area (TPSA) is 230 Å². The van der Waals surface area contributed by atoms with Gasteiger partial charge < -0.3 is 55.3 Å². The van der Waals surface area contributed by atoms with E-state index < -0.39 is 57.6 Å². The van der Waals surface area contributed by atoms with Crippen molar-refractivity contribution in [3.8, 4) is 51.2 Å². The second kappa shape index (κ2) is 26.4. The Morgan fingerprint density at radius 3 is 2.32 bits per heavy atom. The third-order valence-electron chi connectivity index (χ3n) is 24.2.